The first kappa shape index (κ1) is 25.5. The van der Waals surface area contributed by atoms with Gasteiger partial charge in [-0.25, -0.2) is 0 Å². The van der Waals surface area contributed by atoms with Gasteiger partial charge in [0.15, 0.2) is 0 Å². The van der Waals surface area contributed by atoms with Crippen molar-refractivity contribution < 1.29 is 4.79 Å². The lowest BCUT2D eigenvalue weighted by Gasteiger charge is -2.48. The summed E-state index contributed by atoms with van der Waals surface area (Å²) in [6.07, 6.45) is 2.91. The number of carbonyl (C=O) groups is 1. The fourth-order valence-electron chi connectivity index (χ4n) is 5.32. The molecule has 0 radical (unpaired) electrons. The Labute approximate surface area is 214 Å². The van der Waals surface area contributed by atoms with Gasteiger partial charge in [-0.05, 0) is 66.1 Å². The van der Waals surface area contributed by atoms with Gasteiger partial charge in [0.2, 0.25) is 5.91 Å². The molecular weight excluding hydrogens is 465 g/mol. The maximum absolute atomic E-state index is 13.4. The summed E-state index contributed by atoms with van der Waals surface area (Å²) in [7, 11) is 0. The Kier molecular flexibility index (Phi) is 8.24. The second-order valence-corrected chi connectivity index (χ2v) is 11.7. The van der Waals surface area contributed by atoms with Crippen LogP contribution in [0.15, 0.2) is 42.5 Å². The van der Waals surface area contributed by atoms with Crippen LogP contribution in [0.5, 0.6) is 0 Å². The van der Waals surface area contributed by atoms with Crippen LogP contribution in [0, 0.1) is 11.3 Å². The van der Waals surface area contributed by atoms with Gasteiger partial charge >= 0.3 is 0 Å². The lowest BCUT2D eigenvalue weighted by atomic mass is 9.83. The zero-order chi connectivity index (χ0) is 24.3. The SMILES string of the molecule is CC(C)(C)C1CN(Cc2ccccc2-c2ccc(Cl)c(Cl)c2)CCN1C(=O)CC1CCNCC1. The van der Waals surface area contributed by atoms with Crippen molar-refractivity contribution in [3.05, 3.63) is 58.1 Å². The first-order valence-electron chi connectivity index (χ1n) is 12.5. The highest BCUT2D eigenvalue weighted by molar-refractivity contribution is 6.42. The van der Waals surface area contributed by atoms with Crippen LogP contribution in [-0.2, 0) is 11.3 Å². The molecule has 2 aliphatic heterocycles. The van der Waals surface area contributed by atoms with Gasteiger partial charge < -0.3 is 10.2 Å². The number of halogens is 2. The van der Waals surface area contributed by atoms with Crippen LogP contribution in [0.25, 0.3) is 11.1 Å². The van der Waals surface area contributed by atoms with Gasteiger partial charge in [-0.15, -0.1) is 0 Å². The summed E-state index contributed by atoms with van der Waals surface area (Å²) in [6, 6.07) is 14.5. The Hall–Kier alpha value is -1.59. The molecule has 1 N–H and O–H groups in total. The molecule has 2 heterocycles. The third-order valence-electron chi connectivity index (χ3n) is 7.35. The van der Waals surface area contributed by atoms with Crippen molar-refractivity contribution in [1.82, 2.24) is 15.1 Å². The van der Waals surface area contributed by atoms with Gasteiger partial charge in [0.1, 0.15) is 0 Å². The maximum Gasteiger partial charge on any atom is 0.223 e. The summed E-state index contributed by atoms with van der Waals surface area (Å²) in [6.45, 7) is 12.3. The van der Waals surface area contributed by atoms with Gasteiger partial charge in [-0.3, -0.25) is 9.69 Å². The van der Waals surface area contributed by atoms with E-state index in [1.807, 2.05) is 18.2 Å². The van der Waals surface area contributed by atoms with Crippen LogP contribution < -0.4 is 5.32 Å². The van der Waals surface area contributed by atoms with E-state index in [0.717, 1.165) is 57.7 Å². The minimum Gasteiger partial charge on any atom is -0.337 e. The number of nitrogens with one attached hydrogen (secondary N) is 1. The number of benzene rings is 2. The number of carbonyl (C=O) groups excluding carboxylic acids is 1. The van der Waals surface area contributed by atoms with Crippen LogP contribution in [0.1, 0.15) is 45.6 Å². The molecule has 2 saturated heterocycles. The monoisotopic (exact) mass is 501 g/mol. The van der Waals surface area contributed by atoms with Crippen LogP contribution >= 0.6 is 23.2 Å². The first-order chi connectivity index (χ1) is 16.2. The van der Waals surface area contributed by atoms with E-state index < -0.39 is 0 Å². The van der Waals surface area contributed by atoms with Crippen molar-refractivity contribution in [2.45, 2.75) is 52.6 Å². The summed E-state index contributed by atoms with van der Waals surface area (Å²) < 4.78 is 0. The number of piperazine rings is 1. The van der Waals surface area contributed by atoms with Crippen molar-refractivity contribution in [2.75, 3.05) is 32.7 Å². The smallest absolute Gasteiger partial charge is 0.223 e. The molecule has 1 atom stereocenters. The number of rotatable bonds is 5. The largest absolute Gasteiger partial charge is 0.337 e. The van der Waals surface area contributed by atoms with Gasteiger partial charge in [0.05, 0.1) is 10.0 Å². The molecule has 2 aliphatic rings. The van der Waals surface area contributed by atoms with Crippen molar-refractivity contribution in [3.63, 3.8) is 0 Å². The lowest BCUT2D eigenvalue weighted by molar-refractivity contribution is -0.141. The molecule has 2 aromatic carbocycles. The molecule has 0 aromatic heterocycles. The molecule has 184 valence electrons. The highest BCUT2D eigenvalue weighted by Crippen LogP contribution is 2.33. The standard InChI is InChI=1S/C28H37Cl2N3O/c1-28(2,3)26-19-32(14-15-33(26)27(34)16-20-10-12-31-13-11-20)18-22-6-4-5-7-23(22)21-8-9-24(29)25(30)17-21/h4-9,17,20,26,31H,10-16,18-19H2,1-3H3. The van der Waals surface area contributed by atoms with E-state index >= 15 is 0 Å². The Balaban J connectivity index is 1.49. The molecule has 34 heavy (non-hydrogen) atoms. The Morgan fingerprint density at radius 3 is 2.47 bits per heavy atom. The normalized spacial score (nSPS) is 20.5. The molecule has 6 heteroatoms. The molecule has 1 unspecified atom stereocenters. The molecule has 0 spiro atoms. The van der Waals surface area contributed by atoms with Crippen LogP contribution in [0.4, 0.5) is 0 Å². The van der Waals surface area contributed by atoms with Gasteiger partial charge in [-0.1, -0.05) is 74.3 Å². The maximum atomic E-state index is 13.4. The Morgan fingerprint density at radius 2 is 1.76 bits per heavy atom. The molecule has 0 bridgehead atoms. The van der Waals surface area contributed by atoms with Crippen molar-refractivity contribution in [3.8, 4) is 11.1 Å². The topological polar surface area (TPSA) is 35.6 Å². The van der Waals surface area contributed by atoms with Crippen molar-refractivity contribution >= 4 is 29.1 Å². The summed E-state index contributed by atoms with van der Waals surface area (Å²) in [5.41, 5.74) is 3.54. The fourth-order valence-corrected chi connectivity index (χ4v) is 5.62. The van der Waals surface area contributed by atoms with E-state index in [4.69, 9.17) is 23.2 Å². The van der Waals surface area contributed by atoms with Crippen molar-refractivity contribution in [2.24, 2.45) is 11.3 Å². The first-order valence-corrected chi connectivity index (χ1v) is 13.2. The predicted molar refractivity (Wildman–Crippen MR) is 142 cm³/mol. The van der Waals surface area contributed by atoms with E-state index in [2.05, 4.69) is 60.2 Å². The van der Waals surface area contributed by atoms with Crippen LogP contribution in [0.2, 0.25) is 10.0 Å². The fraction of sp³-hybridized carbons (Fsp3) is 0.536. The van der Waals surface area contributed by atoms with Crippen LogP contribution in [0.3, 0.4) is 0 Å². The number of nitrogens with zero attached hydrogens (tertiary/aromatic N) is 2. The van der Waals surface area contributed by atoms with Crippen LogP contribution in [-0.4, -0.2) is 54.5 Å². The summed E-state index contributed by atoms with van der Waals surface area (Å²) in [4.78, 5) is 18.0. The summed E-state index contributed by atoms with van der Waals surface area (Å²) in [5.74, 6) is 0.855. The van der Waals surface area contributed by atoms with Crippen molar-refractivity contribution in [1.29, 1.82) is 0 Å². The number of amides is 1. The van der Waals surface area contributed by atoms with E-state index in [1.165, 1.54) is 11.1 Å². The number of piperidine rings is 1. The third kappa shape index (κ3) is 6.15. The molecule has 0 aliphatic carbocycles. The average molecular weight is 503 g/mol. The second-order valence-electron chi connectivity index (χ2n) is 10.9. The quantitative estimate of drug-likeness (QED) is 0.536. The molecule has 1 amide bonds. The molecule has 2 fully saturated rings. The summed E-state index contributed by atoms with van der Waals surface area (Å²) in [5, 5.41) is 4.55. The van der Waals surface area contributed by atoms with Gasteiger partial charge in [0, 0.05) is 38.6 Å². The highest BCUT2D eigenvalue weighted by atomic mass is 35.5. The number of hydrogen-bond donors (Lipinski definition) is 1. The molecule has 0 saturated carbocycles. The van der Waals surface area contributed by atoms with E-state index in [0.29, 0.717) is 28.3 Å². The third-order valence-corrected chi connectivity index (χ3v) is 8.09. The minimum absolute atomic E-state index is 0.0195. The minimum atomic E-state index is 0.0195. The highest BCUT2D eigenvalue weighted by Gasteiger charge is 2.38. The van der Waals surface area contributed by atoms with E-state index in [-0.39, 0.29) is 11.5 Å². The molecular formula is C28H37Cl2N3O. The zero-order valence-electron chi connectivity index (χ0n) is 20.6. The Bertz CT molecular complexity index is 997. The summed E-state index contributed by atoms with van der Waals surface area (Å²) >= 11 is 12.5. The Morgan fingerprint density at radius 1 is 1.03 bits per heavy atom. The number of hydrogen-bond acceptors (Lipinski definition) is 3. The molecule has 2 aromatic rings. The van der Waals surface area contributed by atoms with E-state index in [9.17, 15) is 4.79 Å². The zero-order valence-corrected chi connectivity index (χ0v) is 22.1. The van der Waals surface area contributed by atoms with E-state index in [1.54, 1.807) is 0 Å². The average Bonchev–Trinajstić information content (AvgIpc) is 2.81. The predicted octanol–water partition coefficient (Wildman–Crippen LogP) is 6.11. The second kappa shape index (κ2) is 11.0. The van der Waals surface area contributed by atoms with Gasteiger partial charge in [-0.2, -0.15) is 0 Å². The molecule has 4 nitrogen and oxygen atoms in total. The molecule has 4 rings (SSSR count). The van der Waals surface area contributed by atoms with Gasteiger partial charge in [0.25, 0.3) is 0 Å². The lowest BCUT2D eigenvalue weighted by Crippen LogP contribution is -2.59.